The van der Waals surface area contributed by atoms with Gasteiger partial charge >= 0.3 is 0 Å². The molecule has 0 radical (unpaired) electrons. The predicted molar refractivity (Wildman–Crippen MR) is 104 cm³/mol. The summed E-state index contributed by atoms with van der Waals surface area (Å²) in [4.78, 5) is 8.08. The lowest BCUT2D eigenvalue weighted by Crippen LogP contribution is -2.52. The first-order valence-corrected chi connectivity index (χ1v) is 9.85. The van der Waals surface area contributed by atoms with Crippen molar-refractivity contribution in [2.24, 2.45) is 0 Å². The van der Waals surface area contributed by atoms with Gasteiger partial charge in [0.05, 0.1) is 11.8 Å². The van der Waals surface area contributed by atoms with E-state index < -0.39 is 0 Å². The van der Waals surface area contributed by atoms with E-state index in [-0.39, 0.29) is 11.7 Å². The Morgan fingerprint density at radius 3 is 2.85 bits per heavy atom. The number of thiophene rings is 1. The van der Waals surface area contributed by atoms with Crippen LogP contribution >= 0.6 is 11.3 Å². The van der Waals surface area contributed by atoms with Crippen LogP contribution in [-0.2, 0) is 11.2 Å². The second-order valence-corrected chi connectivity index (χ2v) is 8.03. The molecule has 1 aromatic carbocycles. The Morgan fingerprint density at radius 2 is 2.08 bits per heavy atom. The van der Waals surface area contributed by atoms with Crippen molar-refractivity contribution in [3.8, 4) is 0 Å². The molecule has 1 unspecified atom stereocenters. The number of halogens is 1. The van der Waals surface area contributed by atoms with Gasteiger partial charge in [0.25, 0.3) is 0 Å². The third kappa shape index (κ3) is 3.27. The number of pyridine rings is 1. The summed E-state index contributed by atoms with van der Waals surface area (Å²) in [5.41, 5.74) is 1.76. The van der Waals surface area contributed by atoms with Crippen molar-refractivity contribution < 1.29 is 9.13 Å². The van der Waals surface area contributed by atoms with Crippen LogP contribution in [0.15, 0.2) is 42.6 Å². The zero-order valence-electron chi connectivity index (χ0n) is 15.1. The van der Waals surface area contributed by atoms with E-state index in [1.807, 2.05) is 11.3 Å². The van der Waals surface area contributed by atoms with E-state index in [4.69, 9.17) is 4.74 Å². The van der Waals surface area contributed by atoms with Crippen LogP contribution in [0.2, 0.25) is 0 Å². The first-order valence-electron chi connectivity index (χ1n) is 9.03. The Labute approximate surface area is 157 Å². The summed E-state index contributed by atoms with van der Waals surface area (Å²) in [6.45, 7) is 5.08. The van der Waals surface area contributed by atoms with Gasteiger partial charge in [0.2, 0.25) is 0 Å². The van der Waals surface area contributed by atoms with Crippen LogP contribution in [0.3, 0.4) is 0 Å². The molecule has 1 atom stereocenters. The quantitative estimate of drug-likeness (QED) is 0.641. The summed E-state index contributed by atoms with van der Waals surface area (Å²) >= 11 is 1.83. The highest BCUT2D eigenvalue weighted by atomic mass is 32.1. The standard InChI is InChI=1S/C21H23FN2OS/c1-14(21-17(22)7-5-10-23-21)20-16-6-3-4-8-18(16)26-19(20)9-11-24-12-15(13-24)25-2/h3-8,10,14-15H,9,11-13H2,1-2H3. The molecule has 0 saturated carbocycles. The molecular weight excluding hydrogens is 347 g/mol. The van der Waals surface area contributed by atoms with Gasteiger partial charge in [-0.1, -0.05) is 25.1 Å². The molecule has 1 aliphatic rings. The van der Waals surface area contributed by atoms with Crippen LogP contribution < -0.4 is 0 Å². The van der Waals surface area contributed by atoms with Crippen molar-refractivity contribution in [3.63, 3.8) is 0 Å². The Bertz CT molecular complexity index is 904. The van der Waals surface area contributed by atoms with Gasteiger partial charge in [-0.05, 0) is 35.6 Å². The largest absolute Gasteiger partial charge is 0.379 e. The molecule has 0 bridgehead atoms. The maximum absolute atomic E-state index is 14.3. The van der Waals surface area contributed by atoms with Crippen LogP contribution in [0.25, 0.3) is 10.1 Å². The Morgan fingerprint density at radius 1 is 1.27 bits per heavy atom. The van der Waals surface area contributed by atoms with Gasteiger partial charge < -0.3 is 4.74 Å². The second-order valence-electron chi connectivity index (χ2n) is 6.89. The molecule has 1 saturated heterocycles. The lowest BCUT2D eigenvalue weighted by atomic mass is 9.93. The average Bonchev–Trinajstić information content (AvgIpc) is 2.99. The summed E-state index contributed by atoms with van der Waals surface area (Å²) in [6.07, 6.45) is 3.02. The second kappa shape index (κ2) is 7.43. The monoisotopic (exact) mass is 370 g/mol. The molecule has 0 amide bonds. The van der Waals surface area contributed by atoms with Crippen molar-refractivity contribution in [1.29, 1.82) is 0 Å². The maximum atomic E-state index is 14.3. The SMILES string of the molecule is COC1CN(CCc2sc3ccccc3c2C(C)c2ncccc2F)C1. The molecule has 1 fully saturated rings. The number of likely N-dealkylation sites (tertiary alicyclic amines) is 1. The molecule has 2 aromatic heterocycles. The molecule has 26 heavy (non-hydrogen) atoms. The van der Waals surface area contributed by atoms with E-state index in [0.29, 0.717) is 11.8 Å². The minimum atomic E-state index is -0.230. The van der Waals surface area contributed by atoms with Gasteiger partial charge in [-0.15, -0.1) is 11.3 Å². The zero-order valence-corrected chi connectivity index (χ0v) is 15.9. The summed E-state index contributed by atoms with van der Waals surface area (Å²) < 4.78 is 21.0. The molecule has 0 N–H and O–H groups in total. The Hall–Kier alpha value is -1.82. The van der Waals surface area contributed by atoms with E-state index >= 15 is 0 Å². The predicted octanol–water partition coefficient (Wildman–Crippen LogP) is 4.46. The van der Waals surface area contributed by atoms with E-state index in [2.05, 4.69) is 41.1 Å². The summed E-state index contributed by atoms with van der Waals surface area (Å²) in [6, 6.07) is 11.6. The van der Waals surface area contributed by atoms with Crippen LogP contribution in [0.5, 0.6) is 0 Å². The number of ether oxygens (including phenoxy) is 1. The number of methoxy groups -OCH3 is 1. The molecule has 0 spiro atoms. The zero-order chi connectivity index (χ0) is 18.1. The summed E-state index contributed by atoms with van der Waals surface area (Å²) in [5, 5.41) is 1.23. The van der Waals surface area contributed by atoms with Crippen molar-refractivity contribution in [3.05, 3.63) is 64.5 Å². The summed E-state index contributed by atoms with van der Waals surface area (Å²) in [5.74, 6) is -0.294. The highest BCUT2D eigenvalue weighted by Crippen LogP contribution is 2.39. The van der Waals surface area contributed by atoms with E-state index in [9.17, 15) is 4.39 Å². The molecular formula is C21H23FN2OS. The molecule has 5 heteroatoms. The normalized spacial score (nSPS) is 16.7. The third-order valence-corrected chi connectivity index (χ3v) is 6.50. The third-order valence-electron chi connectivity index (χ3n) is 5.25. The molecule has 3 nitrogen and oxygen atoms in total. The molecule has 1 aliphatic heterocycles. The lowest BCUT2D eigenvalue weighted by molar-refractivity contribution is -0.0284. The fourth-order valence-corrected chi connectivity index (χ4v) is 5.03. The van der Waals surface area contributed by atoms with E-state index in [1.165, 1.54) is 26.6 Å². The van der Waals surface area contributed by atoms with E-state index in [1.54, 1.807) is 19.4 Å². The van der Waals surface area contributed by atoms with Crippen LogP contribution in [-0.4, -0.2) is 42.7 Å². The minimum Gasteiger partial charge on any atom is -0.379 e. The molecule has 4 rings (SSSR count). The van der Waals surface area contributed by atoms with Gasteiger partial charge in [-0.2, -0.15) is 0 Å². The van der Waals surface area contributed by atoms with Gasteiger partial charge in [-0.25, -0.2) is 4.39 Å². The fourth-order valence-electron chi connectivity index (χ4n) is 3.74. The van der Waals surface area contributed by atoms with Gasteiger partial charge in [0.1, 0.15) is 5.82 Å². The lowest BCUT2D eigenvalue weighted by Gasteiger charge is -2.38. The van der Waals surface area contributed by atoms with Gasteiger partial charge in [-0.3, -0.25) is 9.88 Å². The number of nitrogens with zero attached hydrogens (tertiary/aromatic N) is 2. The van der Waals surface area contributed by atoms with Gasteiger partial charge in [0, 0.05) is 48.4 Å². The number of benzene rings is 1. The fraction of sp³-hybridized carbons (Fsp3) is 0.381. The molecule has 3 heterocycles. The smallest absolute Gasteiger partial charge is 0.145 e. The van der Waals surface area contributed by atoms with Crippen molar-refractivity contribution in [2.45, 2.75) is 25.4 Å². The van der Waals surface area contributed by atoms with Crippen LogP contribution in [0.4, 0.5) is 4.39 Å². The number of hydrogen-bond acceptors (Lipinski definition) is 4. The first-order chi connectivity index (χ1) is 12.7. The molecule has 0 aliphatic carbocycles. The topological polar surface area (TPSA) is 25.4 Å². The number of aromatic nitrogens is 1. The Kier molecular flexibility index (Phi) is 5.02. The van der Waals surface area contributed by atoms with Crippen LogP contribution in [0.1, 0.15) is 29.0 Å². The highest BCUT2D eigenvalue weighted by Gasteiger charge is 2.27. The van der Waals surface area contributed by atoms with E-state index in [0.717, 1.165) is 26.1 Å². The molecule has 136 valence electrons. The molecule has 3 aromatic rings. The van der Waals surface area contributed by atoms with Crippen LogP contribution in [0, 0.1) is 5.82 Å². The number of fused-ring (bicyclic) bond motifs is 1. The number of hydrogen-bond donors (Lipinski definition) is 0. The minimum absolute atomic E-state index is 0.0644. The van der Waals surface area contributed by atoms with Crippen molar-refractivity contribution in [2.75, 3.05) is 26.7 Å². The maximum Gasteiger partial charge on any atom is 0.145 e. The summed E-state index contributed by atoms with van der Waals surface area (Å²) in [7, 11) is 1.77. The Balaban J connectivity index is 1.65. The van der Waals surface area contributed by atoms with Crippen molar-refractivity contribution in [1.82, 2.24) is 9.88 Å². The van der Waals surface area contributed by atoms with Crippen molar-refractivity contribution >= 4 is 21.4 Å². The van der Waals surface area contributed by atoms with Gasteiger partial charge in [0.15, 0.2) is 0 Å². The number of rotatable bonds is 6. The average molecular weight is 370 g/mol. The first kappa shape index (κ1) is 17.6. The highest BCUT2D eigenvalue weighted by molar-refractivity contribution is 7.19.